The molecular weight excluding hydrogens is 178 g/mol. The van der Waals surface area contributed by atoms with Crippen LogP contribution in [-0.4, -0.2) is 12.3 Å². The second-order valence-electron chi connectivity index (χ2n) is 3.43. The molecule has 0 atom stereocenters. The van der Waals surface area contributed by atoms with Gasteiger partial charge in [0.05, 0.1) is 0 Å². The molecule has 13 heavy (non-hydrogen) atoms. The quantitative estimate of drug-likeness (QED) is 0.796. The Kier molecular flexibility index (Phi) is 2.91. The molecule has 0 amide bonds. The number of rotatable bonds is 3. The summed E-state index contributed by atoms with van der Waals surface area (Å²) in [6, 6.07) is 6.87. The first-order valence-corrected chi connectivity index (χ1v) is 5.83. The van der Waals surface area contributed by atoms with E-state index in [-0.39, 0.29) is 0 Å². The molecule has 0 bridgehead atoms. The third-order valence-corrected chi connectivity index (χ3v) is 3.53. The van der Waals surface area contributed by atoms with Crippen molar-refractivity contribution in [3.05, 3.63) is 29.3 Å². The predicted molar refractivity (Wildman–Crippen MR) is 58.2 cm³/mol. The van der Waals surface area contributed by atoms with E-state index < -0.39 is 0 Å². The van der Waals surface area contributed by atoms with Crippen molar-refractivity contribution in [1.29, 1.82) is 0 Å². The standard InChI is InChI=1S/C11H15NS/c12-6-1-2-9-3-4-10-5-7-13-11(10)8-9/h3-4,8H,1-2,5-7,12H2. The average Bonchev–Trinajstić information content (AvgIpc) is 2.61. The van der Waals surface area contributed by atoms with Crippen LogP contribution in [0.2, 0.25) is 0 Å². The Labute approximate surface area is 83.7 Å². The second-order valence-corrected chi connectivity index (χ2v) is 4.57. The molecule has 1 aromatic rings. The minimum absolute atomic E-state index is 0.796. The van der Waals surface area contributed by atoms with E-state index >= 15 is 0 Å². The van der Waals surface area contributed by atoms with E-state index in [1.165, 1.54) is 28.2 Å². The highest BCUT2D eigenvalue weighted by molar-refractivity contribution is 7.99. The first-order valence-electron chi connectivity index (χ1n) is 4.85. The molecule has 0 fully saturated rings. The fraction of sp³-hybridized carbons (Fsp3) is 0.455. The summed E-state index contributed by atoms with van der Waals surface area (Å²) in [4.78, 5) is 1.49. The minimum Gasteiger partial charge on any atom is -0.330 e. The third kappa shape index (κ3) is 2.06. The van der Waals surface area contributed by atoms with E-state index in [0.717, 1.165) is 19.4 Å². The summed E-state index contributed by atoms with van der Waals surface area (Å²) in [5.41, 5.74) is 8.46. The number of fused-ring (bicyclic) bond motifs is 1. The fourth-order valence-corrected chi connectivity index (χ4v) is 2.80. The predicted octanol–water partition coefficient (Wildman–Crippen LogP) is 2.23. The number of nitrogens with two attached hydrogens (primary N) is 1. The van der Waals surface area contributed by atoms with Gasteiger partial charge in [0.15, 0.2) is 0 Å². The summed E-state index contributed by atoms with van der Waals surface area (Å²) in [6.07, 6.45) is 3.48. The Hall–Kier alpha value is -0.470. The van der Waals surface area contributed by atoms with E-state index in [2.05, 4.69) is 18.2 Å². The SMILES string of the molecule is NCCCc1ccc2c(c1)SCC2. The van der Waals surface area contributed by atoms with E-state index in [0.29, 0.717) is 0 Å². The first kappa shape index (κ1) is 9.10. The molecule has 1 aliphatic heterocycles. The lowest BCUT2D eigenvalue weighted by atomic mass is 10.1. The number of hydrogen-bond acceptors (Lipinski definition) is 2. The van der Waals surface area contributed by atoms with Crippen LogP contribution in [0.1, 0.15) is 17.5 Å². The first-order chi connectivity index (χ1) is 6.40. The van der Waals surface area contributed by atoms with Gasteiger partial charge in [0.1, 0.15) is 0 Å². The van der Waals surface area contributed by atoms with Crippen molar-refractivity contribution in [2.75, 3.05) is 12.3 Å². The molecule has 0 aromatic heterocycles. The van der Waals surface area contributed by atoms with Gasteiger partial charge in [-0.25, -0.2) is 0 Å². The third-order valence-electron chi connectivity index (χ3n) is 2.43. The molecule has 0 unspecified atom stereocenters. The van der Waals surface area contributed by atoms with Gasteiger partial charge in [0.25, 0.3) is 0 Å². The monoisotopic (exact) mass is 193 g/mol. The summed E-state index contributed by atoms with van der Waals surface area (Å²) in [6.45, 7) is 0.796. The van der Waals surface area contributed by atoms with Crippen molar-refractivity contribution in [3.63, 3.8) is 0 Å². The maximum Gasteiger partial charge on any atom is 0.0107 e. The Balaban J connectivity index is 2.12. The molecule has 0 saturated heterocycles. The summed E-state index contributed by atoms with van der Waals surface area (Å²) < 4.78 is 0. The lowest BCUT2D eigenvalue weighted by molar-refractivity contribution is 0.830. The van der Waals surface area contributed by atoms with Crippen molar-refractivity contribution in [3.8, 4) is 0 Å². The normalized spacial score (nSPS) is 14.5. The van der Waals surface area contributed by atoms with Crippen molar-refractivity contribution < 1.29 is 0 Å². The number of thioether (sulfide) groups is 1. The van der Waals surface area contributed by atoms with Crippen LogP contribution in [0.25, 0.3) is 0 Å². The lowest BCUT2D eigenvalue weighted by Crippen LogP contribution is -2.00. The zero-order valence-electron chi connectivity index (χ0n) is 7.75. The molecule has 1 heterocycles. The number of benzene rings is 1. The highest BCUT2D eigenvalue weighted by atomic mass is 32.2. The van der Waals surface area contributed by atoms with Crippen LogP contribution in [0, 0.1) is 0 Å². The Morgan fingerprint density at radius 1 is 1.38 bits per heavy atom. The second kappa shape index (κ2) is 4.16. The van der Waals surface area contributed by atoms with Gasteiger partial charge in [-0.05, 0) is 43.0 Å². The summed E-state index contributed by atoms with van der Waals surface area (Å²) in [5, 5.41) is 0. The zero-order chi connectivity index (χ0) is 9.10. The van der Waals surface area contributed by atoms with Gasteiger partial charge in [-0.2, -0.15) is 0 Å². The van der Waals surface area contributed by atoms with E-state index in [9.17, 15) is 0 Å². The summed E-state index contributed by atoms with van der Waals surface area (Å²) in [5.74, 6) is 1.26. The van der Waals surface area contributed by atoms with Crippen LogP contribution in [-0.2, 0) is 12.8 Å². The lowest BCUT2D eigenvalue weighted by Gasteiger charge is -2.02. The van der Waals surface area contributed by atoms with Crippen LogP contribution in [0.4, 0.5) is 0 Å². The van der Waals surface area contributed by atoms with Crippen molar-refractivity contribution in [2.24, 2.45) is 5.73 Å². The van der Waals surface area contributed by atoms with E-state index in [1.807, 2.05) is 11.8 Å². The molecule has 0 spiro atoms. The van der Waals surface area contributed by atoms with Crippen LogP contribution < -0.4 is 5.73 Å². The van der Waals surface area contributed by atoms with Gasteiger partial charge in [-0.1, -0.05) is 12.1 Å². The number of hydrogen-bond donors (Lipinski definition) is 1. The largest absolute Gasteiger partial charge is 0.330 e. The molecule has 2 heteroatoms. The molecule has 0 saturated carbocycles. The summed E-state index contributed by atoms with van der Waals surface area (Å²) >= 11 is 1.98. The molecule has 1 nitrogen and oxygen atoms in total. The Bertz CT molecular complexity index is 296. The average molecular weight is 193 g/mol. The molecule has 70 valence electrons. The van der Waals surface area contributed by atoms with Gasteiger partial charge >= 0.3 is 0 Å². The zero-order valence-corrected chi connectivity index (χ0v) is 8.57. The molecule has 1 aromatic carbocycles. The molecular formula is C11H15NS. The topological polar surface area (TPSA) is 26.0 Å². The molecule has 2 N–H and O–H groups in total. The Morgan fingerprint density at radius 3 is 3.15 bits per heavy atom. The van der Waals surface area contributed by atoms with Crippen LogP contribution >= 0.6 is 11.8 Å². The smallest absolute Gasteiger partial charge is 0.0107 e. The van der Waals surface area contributed by atoms with Crippen LogP contribution in [0.5, 0.6) is 0 Å². The molecule has 1 aliphatic rings. The number of aryl methyl sites for hydroxylation is 2. The maximum absolute atomic E-state index is 5.48. The van der Waals surface area contributed by atoms with Gasteiger partial charge in [0, 0.05) is 10.6 Å². The molecule has 2 rings (SSSR count). The minimum atomic E-state index is 0.796. The fourth-order valence-electron chi connectivity index (χ4n) is 1.67. The molecule has 0 radical (unpaired) electrons. The van der Waals surface area contributed by atoms with Crippen molar-refractivity contribution >= 4 is 11.8 Å². The van der Waals surface area contributed by atoms with Crippen LogP contribution in [0.15, 0.2) is 23.1 Å². The Morgan fingerprint density at radius 2 is 2.31 bits per heavy atom. The van der Waals surface area contributed by atoms with Gasteiger partial charge in [-0.15, -0.1) is 11.8 Å². The highest BCUT2D eigenvalue weighted by Crippen LogP contribution is 2.31. The van der Waals surface area contributed by atoms with Crippen LogP contribution in [0.3, 0.4) is 0 Å². The molecule has 0 aliphatic carbocycles. The maximum atomic E-state index is 5.48. The highest BCUT2D eigenvalue weighted by Gasteiger charge is 2.10. The van der Waals surface area contributed by atoms with Crippen molar-refractivity contribution in [2.45, 2.75) is 24.2 Å². The van der Waals surface area contributed by atoms with Gasteiger partial charge in [-0.3, -0.25) is 0 Å². The summed E-state index contributed by atoms with van der Waals surface area (Å²) in [7, 11) is 0. The van der Waals surface area contributed by atoms with Gasteiger partial charge < -0.3 is 5.73 Å². The van der Waals surface area contributed by atoms with E-state index in [1.54, 1.807) is 0 Å². The van der Waals surface area contributed by atoms with Crippen molar-refractivity contribution in [1.82, 2.24) is 0 Å². The van der Waals surface area contributed by atoms with E-state index in [4.69, 9.17) is 5.73 Å². The van der Waals surface area contributed by atoms with Gasteiger partial charge in [0.2, 0.25) is 0 Å².